The van der Waals surface area contributed by atoms with Crippen molar-refractivity contribution in [3.8, 4) is 5.75 Å². The summed E-state index contributed by atoms with van der Waals surface area (Å²) >= 11 is 0. The van der Waals surface area contributed by atoms with Gasteiger partial charge in [0.15, 0.2) is 5.96 Å². The summed E-state index contributed by atoms with van der Waals surface area (Å²) in [6.07, 6.45) is 2.14. The van der Waals surface area contributed by atoms with E-state index in [4.69, 9.17) is 5.73 Å². The predicted octanol–water partition coefficient (Wildman–Crippen LogP) is 2.16. The van der Waals surface area contributed by atoms with Crippen molar-refractivity contribution in [3.05, 3.63) is 29.8 Å². The van der Waals surface area contributed by atoms with Crippen molar-refractivity contribution in [2.75, 3.05) is 13.1 Å². The van der Waals surface area contributed by atoms with Crippen LogP contribution in [0.15, 0.2) is 29.3 Å². The average Bonchev–Trinajstić information content (AvgIpc) is 3.06. The molecule has 1 heterocycles. The number of nitrogens with two attached hydrogens (primary N) is 1. The monoisotopic (exact) mass is 281 g/mol. The third-order valence-corrected chi connectivity index (χ3v) is 3.77. The number of benzene rings is 1. The van der Waals surface area contributed by atoms with Gasteiger partial charge in [-0.25, -0.2) is 4.99 Å². The fourth-order valence-electron chi connectivity index (χ4n) is 2.38. The molecule has 0 spiro atoms. The smallest absolute Gasteiger partial charge is 0.387 e. The molecule has 2 fully saturated rings. The van der Waals surface area contributed by atoms with E-state index in [0.29, 0.717) is 11.9 Å². The lowest BCUT2D eigenvalue weighted by Crippen LogP contribution is -2.46. The number of nitrogens with zero attached hydrogens (tertiary/aromatic N) is 2. The van der Waals surface area contributed by atoms with Crippen molar-refractivity contribution >= 4 is 5.96 Å². The number of guanidine groups is 1. The lowest BCUT2D eigenvalue weighted by atomic mass is 10.1. The first kappa shape index (κ1) is 13.1. The molecule has 1 saturated carbocycles. The topological polar surface area (TPSA) is 50.9 Å². The fraction of sp³-hybridized carbons (Fsp3) is 0.500. The molecule has 2 atom stereocenters. The Hall–Kier alpha value is -1.85. The molecular formula is C14H17F2N3O. The number of hydrogen-bond donors (Lipinski definition) is 1. The third kappa shape index (κ3) is 2.84. The first-order valence-corrected chi connectivity index (χ1v) is 6.76. The van der Waals surface area contributed by atoms with Crippen molar-refractivity contribution in [3.63, 3.8) is 0 Å². The van der Waals surface area contributed by atoms with E-state index in [1.54, 1.807) is 12.1 Å². The molecule has 0 amide bonds. The first-order chi connectivity index (χ1) is 9.63. The Kier molecular flexibility index (Phi) is 3.46. The molecule has 1 saturated heterocycles. The maximum absolute atomic E-state index is 12.1. The molecule has 0 radical (unpaired) electrons. The van der Waals surface area contributed by atoms with Gasteiger partial charge in [0.1, 0.15) is 5.75 Å². The van der Waals surface area contributed by atoms with Gasteiger partial charge in [-0.3, -0.25) is 0 Å². The van der Waals surface area contributed by atoms with Gasteiger partial charge in [0.2, 0.25) is 0 Å². The summed E-state index contributed by atoms with van der Waals surface area (Å²) in [4.78, 5) is 6.57. The molecule has 2 N–H and O–H groups in total. The summed E-state index contributed by atoms with van der Waals surface area (Å²) in [5.41, 5.74) is 7.01. The summed E-state index contributed by atoms with van der Waals surface area (Å²) in [5.74, 6) is 1.15. The minimum atomic E-state index is -2.78. The van der Waals surface area contributed by atoms with E-state index in [-0.39, 0.29) is 11.8 Å². The molecule has 1 aromatic carbocycles. The standard InChI is InChI=1S/C14H17F2N3O/c15-13(16)20-10-4-2-9(3-5-10)11-8-12(11)18-14(17)19-6-1-7-19/h2-5,11-13H,1,6-8H2,(H2,17,18)/t11-,12+/m0/s1. The van der Waals surface area contributed by atoms with E-state index in [9.17, 15) is 8.78 Å². The minimum Gasteiger partial charge on any atom is -0.435 e. The molecule has 0 aromatic heterocycles. The van der Waals surface area contributed by atoms with E-state index < -0.39 is 6.61 Å². The number of aliphatic imine (C=N–C) groups is 1. The lowest BCUT2D eigenvalue weighted by molar-refractivity contribution is -0.0498. The minimum absolute atomic E-state index is 0.185. The first-order valence-electron chi connectivity index (χ1n) is 6.76. The zero-order chi connectivity index (χ0) is 14.1. The molecule has 2 aliphatic rings. The van der Waals surface area contributed by atoms with Gasteiger partial charge >= 0.3 is 6.61 Å². The molecule has 3 rings (SSSR count). The van der Waals surface area contributed by atoms with Crippen molar-refractivity contribution < 1.29 is 13.5 Å². The second kappa shape index (κ2) is 5.26. The van der Waals surface area contributed by atoms with Crippen LogP contribution in [0.3, 0.4) is 0 Å². The molecule has 0 unspecified atom stereocenters. The molecule has 4 nitrogen and oxygen atoms in total. The van der Waals surface area contributed by atoms with Crippen LogP contribution in [0.5, 0.6) is 5.75 Å². The predicted molar refractivity (Wildman–Crippen MR) is 72.0 cm³/mol. The molecule has 108 valence electrons. The Morgan fingerprint density at radius 3 is 2.55 bits per heavy atom. The number of likely N-dealkylation sites (tertiary alicyclic amines) is 1. The van der Waals surface area contributed by atoms with Crippen LogP contribution in [0, 0.1) is 0 Å². The molecular weight excluding hydrogens is 264 g/mol. The third-order valence-electron chi connectivity index (χ3n) is 3.77. The Labute approximate surface area is 116 Å². The van der Waals surface area contributed by atoms with Gasteiger partial charge in [-0.05, 0) is 30.5 Å². The SMILES string of the molecule is NC(=N[C@@H]1C[C@H]1c1ccc(OC(F)F)cc1)N1CCC1. The van der Waals surface area contributed by atoms with Crippen LogP contribution in [-0.4, -0.2) is 36.6 Å². The molecule has 1 aromatic rings. The van der Waals surface area contributed by atoms with Gasteiger partial charge in [0.25, 0.3) is 0 Å². The number of alkyl halides is 2. The van der Waals surface area contributed by atoms with Gasteiger partial charge in [0, 0.05) is 19.0 Å². The Morgan fingerprint density at radius 1 is 1.30 bits per heavy atom. The van der Waals surface area contributed by atoms with E-state index in [0.717, 1.165) is 25.1 Å². The lowest BCUT2D eigenvalue weighted by Gasteiger charge is -2.31. The summed E-state index contributed by atoms with van der Waals surface area (Å²) in [7, 11) is 0. The zero-order valence-corrected chi connectivity index (χ0v) is 11.0. The number of halogens is 2. The Morgan fingerprint density at radius 2 is 2.00 bits per heavy atom. The maximum atomic E-state index is 12.1. The molecule has 1 aliphatic heterocycles. The number of rotatable bonds is 4. The highest BCUT2D eigenvalue weighted by molar-refractivity contribution is 5.79. The highest BCUT2D eigenvalue weighted by atomic mass is 19.3. The fourth-order valence-corrected chi connectivity index (χ4v) is 2.38. The molecule has 6 heteroatoms. The largest absolute Gasteiger partial charge is 0.435 e. The van der Waals surface area contributed by atoms with Crippen LogP contribution in [0.2, 0.25) is 0 Å². The quantitative estimate of drug-likeness (QED) is 0.679. The second-order valence-corrected chi connectivity index (χ2v) is 5.18. The van der Waals surface area contributed by atoms with Crippen LogP contribution < -0.4 is 10.5 Å². The van der Waals surface area contributed by atoms with Crippen molar-refractivity contribution in [1.29, 1.82) is 0 Å². The normalized spacial score (nSPS) is 25.6. The van der Waals surface area contributed by atoms with Gasteiger partial charge in [-0.15, -0.1) is 0 Å². The van der Waals surface area contributed by atoms with Crippen molar-refractivity contribution in [2.45, 2.75) is 31.4 Å². The van der Waals surface area contributed by atoms with Crippen LogP contribution in [0.4, 0.5) is 8.78 Å². The molecule has 1 aliphatic carbocycles. The number of hydrogen-bond acceptors (Lipinski definition) is 2. The highest BCUT2D eigenvalue weighted by Crippen LogP contribution is 2.44. The van der Waals surface area contributed by atoms with Gasteiger partial charge < -0.3 is 15.4 Å². The van der Waals surface area contributed by atoms with Crippen LogP contribution in [-0.2, 0) is 0 Å². The zero-order valence-electron chi connectivity index (χ0n) is 11.0. The highest BCUT2D eigenvalue weighted by Gasteiger charge is 2.39. The molecule has 20 heavy (non-hydrogen) atoms. The van der Waals surface area contributed by atoms with Crippen LogP contribution >= 0.6 is 0 Å². The van der Waals surface area contributed by atoms with E-state index in [2.05, 4.69) is 14.6 Å². The average molecular weight is 281 g/mol. The summed E-state index contributed by atoms with van der Waals surface area (Å²) in [5, 5.41) is 0. The second-order valence-electron chi connectivity index (χ2n) is 5.18. The Bertz CT molecular complexity index is 500. The summed E-state index contributed by atoms with van der Waals surface area (Å²) in [6.45, 7) is -0.797. The number of ether oxygens (including phenoxy) is 1. The van der Waals surface area contributed by atoms with E-state index in [1.807, 2.05) is 12.1 Å². The maximum Gasteiger partial charge on any atom is 0.387 e. The van der Waals surface area contributed by atoms with Crippen molar-refractivity contribution in [1.82, 2.24) is 4.90 Å². The van der Waals surface area contributed by atoms with Crippen molar-refractivity contribution in [2.24, 2.45) is 10.7 Å². The van der Waals surface area contributed by atoms with E-state index in [1.165, 1.54) is 6.42 Å². The summed E-state index contributed by atoms with van der Waals surface area (Å²) < 4.78 is 28.4. The van der Waals surface area contributed by atoms with Gasteiger partial charge in [0.05, 0.1) is 6.04 Å². The van der Waals surface area contributed by atoms with Gasteiger partial charge in [-0.1, -0.05) is 12.1 Å². The van der Waals surface area contributed by atoms with Crippen LogP contribution in [0.1, 0.15) is 24.3 Å². The van der Waals surface area contributed by atoms with Gasteiger partial charge in [-0.2, -0.15) is 8.78 Å². The molecule has 0 bridgehead atoms. The summed E-state index contributed by atoms with van der Waals surface area (Å²) in [6, 6.07) is 6.99. The Balaban J connectivity index is 1.58. The van der Waals surface area contributed by atoms with E-state index >= 15 is 0 Å². The van der Waals surface area contributed by atoms with Crippen LogP contribution in [0.25, 0.3) is 0 Å².